The van der Waals surface area contributed by atoms with Crippen LogP contribution in [0.1, 0.15) is 31.1 Å². The number of nitrogens with one attached hydrogen (secondary N) is 1. The van der Waals surface area contributed by atoms with Crippen molar-refractivity contribution in [2.45, 2.75) is 26.1 Å². The lowest BCUT2D eigenvalue weighted by atomic mass is 10.1. The van der Waals surface area contributed by atoms with E-state index in [1.807, 2.05) is 30.7 Å². The van der Waals surface area contributed by atoms with E-state index in [4.69, 9.17) is 5.73 Å². The molecule has 2 aliphatic heterocycles. The molecule has 0 saturated carbocycles. The van der Waals surface area contributed by atoms with Crippen molar-refractivity contribution in [3.63, 3.8) is 0 Å². The lowest BCUT2D eigenvalue weighted by molar-refractivity contribution is -0.124. The fraction of sp³-hybridized carbons (Fsp3) is 0.217. The van der Waals surface area contributed by atoms with Gasteiger partial charge in [-0.1, -0.05) is 12.1 Å². The number of allylic oxidation sites excluding steroid dienone is 1. The van der Waals surface area contributed by atoms with Crippen molar-refractivity contribution in [1.82, 2.24) is 9.80 Å². The number of carbonyl (C=O) groups excluding carboxylic acids is 1. The predicted molar refractivity (Wildman–Crippen MR) is 118 cm³/mol. The lowest BCUT2D eigenvalue weighted by Crippen LogP contribution is -2.38. The van der Waals surface area contributed by atoms with Crippen LogP contribution < -0.4 is 11.1 Å². The molecule has 4 rings (SSSR count). The van der Waals surface area contributed by atoms with Gasteiger partial charge >= 0.3 is 0 Å². The largest absolute Gasteiger partial charge is 0.382 e. The van der Waals surface area contributed by atoms with Crippen LogP contribution in [0.25, 0.3) is 5.70 Å². The van der Waals surface area contributed by atoms with Gasteiger partial charge in [-0.15, -0.1) is 0 Å². The molecule has 2 heterocycles. The zero-order chi connectivity index (χ0) is 23.2. The number of fused-ring (bicyclic) bond motifs is 1. The highest BCUT2D eigenvalue weighted by Gasteiger charge is 2.38. The number of halogens is 2. The first kappa shape index (κ1) is 21.5. The summed E-state index contributed by atoms with van der Waals surface area (Å²) in [6.45, 7) is 3.88. The molecule has 32 heavy (non-hydrogen) atoms. The van der Waals surface area contributed by atoms with Gasteiger partial charge in [0.05, 0.1) is 5.70 Å². The maximum atomic E-state index is 15.2. The van der Waals surface area contributed by atoms with Gasteiger partial charge in [0.15, 0.2) is 6.10 Å². The Balaban J connectivity index is 1.62. The van der Waals surface area contributed by atoms with Gasteiger partial charge in [0.1, 0.15) is 29.3 Å². The molecule has 0 saturated heterocycles. The minimum atomic E-state index is -1.60. The predicted octanol–water partition coefficient (Wildman–Crippen LogP) is 3.13. The number of hydrogen-bond acceptors (Lipinski definition) is 6. The summed E-state index contributed by atoms with van der Waals surface area (Å²) in [5.74, 6) is -1.66. The summed E-state index contributed by atoms with van der Waals surface area (Å²) in [6, 6.07) is 9.33. The van der Waals surface area contributed by atoms with E-state index >= 15 is 4.39 Å². The van der Waals surface area contributed by atoms with Gasteiger partial charge < -0.3 is 26.0 Å². The molecule has 1 amide bonds. The van der Waals surface area contributed by atoms with Crippen LogP contribution in [-0.2, 0) is 4.79 Å². The number of carbonyl (C=O) groups is 1. The molecular formula is C23H23F2N5O2. The average molecular weight is 439 g/mol. The number of hydrogen-bond donors (Lipinski definition) is 3. The van der Waals surface area contributed by atoms with Crippen molar-refractivity contribution >= 4 is 23.1 Å². The van der Waals surface area contributed by atoms with Crippen molar-refractivity contribution in [2.24, 2.45) is 10.7 Å². The van der Waals surface area contributed by atoms with E-state index in [2.05, 4.69) is 10.3 Å². The second-order valence-electron chi connectivity index (χ2n) is 7.74. The van der Waals surface area contributed by atoms with Gasteiger partial charge in [0, 0.05) is 30.2 Å². The van der Waals surface area contributed by atoms with Crippen LogP contribution in [0.4, 0.5) is 14.5 Å². The minimum absolute atomic E-state index is 0.0921. The van der Waals surface area contributed by atoms with E-state index in [1.54, 1.807) is 6.20 Å². The molecule has 2 aromatic carbocycles. The van der Waals surface area contributed by atoms with Crippen LogP contribution in [0.15, 0.2) is 65.1 Å². The molecule has 0 fully saturated rings. The standard InChI is InChI=1S/C23H23F2N5O2/c1-12-11-27-22(26)20-19(29(3)13(2)30(12)20)17-8-7-16(10-18(17)25)28-23(32)21(31)14-5-4-6-15(24)9-14/h4-11,13,21,31H,1-3H3,(H2,26,27)(H,28,32). The molecule has 2 atom stereocenters. The summed E-state index contributed by atoms with van der Waals surface area (Å²) in [4.78, 5) is 20.5. The maximum absolute atomic E-state index is 15.2. The Kier molecular flexibility index (Phi) is 5.43. The number of aliphatic hydroxyl groups excluding tert-OH is 1. The van der Waals surface area contributed by atoms with Crippen LogP contribution in [0, 0.1) is 11.6 Å². The van der Waals surface area contributed by atoms with Crippen molar-refractivity contribution in [1.29, 1.82) is 0 Å². The molecule has 0 aliphatic carbocycles. The van der Waals surface area contributed by atoms with Gasteiger partial charge in [-0.3, -0.25) is 4.79 Å². The van der Waals surface area contributed by atoms with Gasteiger partial charge in [-0.05, 0) is 49.7 Å². The van der Waals surface area contributed by atoms with Gasteiger partial charge in [0.25, 0.3) is 5.91 Å². The van der Waals surface area contributed by atoms with Crippen LogP contribution in [0.2, 0.25) is 0 Å². The fourth-order valence-corrected chi connectivity index (χ4v) is 3.97. The minimum Gasteiger partial charge on any atom is -0.382 e. The molecule has 2 aliphatic rings. The quantitative estimate of drug-likeness (QED) is 0.681. The summed E-state index contributed by atoms with van der Waals surface area (Å²) < 4.78 is 28.5. The summed E-state index contributed by atoms with van der Waals surface area (Å²) >= 11 is 0. The monoisotopic (exact) mass is 439 g/mol. The molecule has 0 aromatic heterocycles. The third-order valence-electron chi connectivity index (χ3n) is 5.67. The number of nitrogens with zero attached hydrogens (tertiary/aromatic N) is 3. The number of amidine groups is 1. The number of aliphatic hydroxyl groups is 1. The number of benzene rings is 2. The number of anilines is 1. The molecule has 2 aromatic rings. The van der Waals surface area contributed by atoms with E-state index in [1.165, 1.54) is 36.4 Å². The highest BCUT2D eigenvalue weighted by atomic mass is 19.1. The summed E-state index contributed by atoms with van der Waals surface area (Å²) in [5.41, 5.74) is 8.78. The zero-order valence-corrected chi connectivity index (χ0v) is 17.8. The number of rotatable bonds is 4. The van der Waals surface area contributed by atoms with Gasteiger partial charge in [-0.25, -0.2) is 13.8 Å². The fourth-order valence-electron chi connectivity index (χ4n) is 3.97. The topological polar surface area (TPSA) is 94.2 Å². The molecule has 4 N–H and O–H groups in total. The Hall–Kier alpha value is -3.72. The van der Waals surface area contributed by atoms with E-state index in [9.17, 15) is 14.3 Å². The Labute approximate surface area is 184 Å². The highest BCUT2D eigenvalue weighted by molar-refractivity contribution is 6.05. The number of nitrogens with two attached hydrogens (primary N) is 1. The van der Waals surface area contributed by atoms with E-state index in [0.29, 0.717) is 17.0 Å². The number of aliphatic imine (C=N–C) groups is 1. The summed E-state index contributed by atoms with van der Waals surface area (Å²) in [6.07, 6.45) is -0.0161. The van der Waals surface area contributed by atoms with Crippen LogP contribution in [-0.4, -0.2) is 39.9 Å². The summed E-state index contributed by atoms with van der Waals surface area (Å²) in [7, 11) is 1.84. The SMILES string of the molecule is CC1=CN=C(N)C2=C(c3ccc(NC(=O)C(O)c4cccc(F)c4)cc3F)N(C)C(C)N12. The zero-order valence-electron chi connectivity index (χ0n) is 17.8. The van der Waals surface area contributed by atoms with Gasteiger partial charge in [0.2, 0.25) is 0 Å². The van der Waals surface area contributed by atoms with Crippen LogP contribution in [0.5, 0.6) is 0 Å². The molecule has 2 unspecified atom stereocenters. The van der Waals surface area contributed by atoms with Crippen molar-refractivity contribution in [2.75, 3.05) is 12.4 Å². The third kappa shape index (κ3) is 3.60. The maximum Gasteiger partial charge on any atom is 0.257 e. The first-order valence-electron chi connectivity index (χ1n) is 10.00. The van der Waals surface area contributed by atoms with E-state index in [-0.39, 0.29) is 23.3 Å². The van der Waals surface area contributed by atoms with E-state index < -0.39 is 23.6 Å². The average Bonchev–Trinajstić information content (AvgIpc) is 3.02. The van der Waals surface area contributed by atoms with Gasteiger partial charge in [-0.2, -0.15) is 0 Å². The normalized spacial score (nSPS) is 18.9. The highest BCUT2D eigenvalue weighted by Crippen LogP contribution is 2.39. The summed E-state index contributed by atoms with van der Waals surface area (Å²) in [5, 5.41) is 12.7. The van der Waals surface area contributed by atoms with E-state index in [0.717, 1.165) is 11.8 Å². The molecule has 9 heteroatoms. The first-order valence-corrected chi connectivity index (χ1v) is 10.00. The van der Waals surface area contributed by atoms with Crippen molar-refractivity contribution in [3.05, 3.63) is 82.8 Å². The molecule has 0 radical (unpaired) electrons. The lowest BCUT2D eigenvalue weighted by Gasteiger charge is -2.31. The first-order chi connectivity index (χ1) is 15.2. The van der Waals surface area contributed by atoms with Crippen LogP contribution >= 0.6 is 0 Å². The molecular weight excluding hydrogens is 416 g/mol. The Morgan fingerprint density at radius 3 is 2.66 bits per heavy atom. The molecule has 7 nitrogen and oxygen atoms in total. The number of amides is 1. The molecule has 0 bridgehead atoms. The smallest absolute Gasteiger partial charge is 0.257 e. The Morgan fingerprint density at radius 2 is 1.97 bits per heavy atom. The Morgan fingerprint density at radius 1 is 1.22 bits per heavy atom. The second kappa shape index (κ2) is 8.08. The second-order valence-corrected chi connectivity index (χ2v) is 7.74. The molecule has 0 spiro atoms. The van der Waals surface area contributed by atoms with Crippen molar-refractivity contribution in [3.8, 4) is 0 Å². The molecule has 166 valence electrons. The van der Waals surface area contributed by atoms with Crippen LogP contribution in [0.3, 0.4) is 0 Å². The third-order valence-corrected chi connectivity index (χ3v) is 5.67. The van der Waals surface area contributed by atoms with Crippen molar-refractivity contribution < 1.29 is 18.7 Å². The Bertz CT molecular complexity index is 1190.